The van der Waals surface area contributed by atoms with E-state index in [0.717, 1.165) is 25.7 Å². The number of hydrogen-bond donors (Lipinski definition) is 3. The van der Waals surface area contributed by atoms with Gasteiger partial charge in [-0.05, 0) is 43.4 Å². The minimum Gasteiger partial charge on any atom is -0.480 e. The number of amides is 1. The smallest absolute Gasteiger partial charge is 0.326 e. The molecular weight excluding hydrogens is 356 g/mol. The molecular formula is C18H26N2O5S. The van der Waals surface area contributed by atoms with E-state index in [1.54, 1.807) is 0 Å². The lowest BCUT2D eigenvalue weighted by atomic mass is 10.0. The topological polar surface area (TPSA) is 113 Å². The third-order valence-corrected chi connectivity index (χ3v) is 5.91. The number of benzene rings is 1. The highest BCUT2D eigenvalue weighted by molar-refractivity contribution is 7.89. The molecule has 7 nitrogen and oxygen atoms in total. The maximum absolute atomic E-state index is 12.5. The lowest BCUT2D eigenvalue weighted by Gasteiger charge is -2.17. The molecule has 1 saturated carbocycles. The fourth-order valence-electron chi connectivity index (χ4n) is 3.07. The van der Waals surface area contributed by atoms with Gasteiger partial charge < -0.3 is 10.4 Å². The van der Waals surface area contributed by atoms with E-state index in [9.17, 15) is 23.1 Å². The summed E-state index contributed by atoms with van der Waals surface area (Å²) >= 11 is 0. The van der Waals surface area contributed by atoms with Gasteiger partial charge in [-0.25, -0.2) is 17.9 Å². The van der Waals surface area contributed by atoms with Crippen molar-refractivity contribution in [3.63, 3.8) is 0 Å². The number of carbonyl (C=O) groups is 2. The zero-order chi connectivity index (χ0) is 19.3. The van der Waals surface area contributed by atoms with Gasteiger partial charge in [-0.2, -0.15) is 0 Å². The first-order chi connectivity index (χ1) is 12.2. The van der Waals surface area contributed by atoms with E-state index in [0.29, 0.717) is 6.42 Å². The molecule has 0 aliphatic heterocycles. The Labute approximate surface area is 154 Å². The summed E-state index contributed by atoms with van der Waals surface area (Å²) in [5, 5.41) is 11.7. The van der Waals surface area contributed by atoms with E-state index in [2.05, 4.69) is 10.0 Å². The third-order valence-electron chi connectivity index (χ3n) is 4.39. The fourth-order valence-corrected chi connectivity index (χ4v) is 4.42. The summed E-state index contributed by atoms with van der Waals surface area (Å²) in [7, 11) is -3.71. The summed E-state index contributed by atoms with van der Waals surface area (Å²) in [6, 6.07) is 4.58. The van der Waals surface area contributed by atoms with Gasteiger partial charge in [-0.1, -0.05) is 32.8 Å². The molecule has 3 N–H and O–H groups in total. The molecule has 1 amide bonds. The van der Waals surface area contributed by atoms with Crippen molar-refractivity contribution in [2.24, 2.45) is 5.92 Å². The van der Waals surface area contributed by atoms with Crippen LogP contribution in [-0.4, -0.2) is 37.5 Å². The van der Waals surface area contributed by atoms with Crippen LogP contribution in [0.3, 0.4) is 0 Å². The minimum atomic E-state index is -3.71. The van der Waals surface area contributed by atoms with Crippen molar-refractivity contribution in [1.82, 2.24) is 10.0 Å². The van der Waals surface area contributed by atoms with Gasteiger partial charge in [-0.15, -0.1) is 0 Å². The Hall–Kier alpha value is -1.93. The van der Waals surface area contributed by atoms with Crippen molar-refractivity contribution in [2.75, 3.05) is 0 Å². The Bertz CT molecular complexity index is 755. The van der Waals surface area contributed by atoms with Crippen LogP contribution >= 0.6 is 0 Å². The van der Waals surface area contributed by atoms with Crippen molar-refractivity contribution in [3.05, 3.63) is 29.8 Å². The van der Waals surface area contributed by atoms with Gasteiger partial charge in [0, 0.05) is 11.6 Å². The second-order valence-corrected chi connectivity index (χ2v) is 8.84. The van der Waals surface area contributed by atoms with Gasteiger partial charge in [0.2, 0.25) is 10.0 Å². The Balaban J connectivity index is 2.14. The summed E-state index contributed by atoms with van der Waals surface area (Å²) in [5.41, 5.74) is 0.120. The summed E-state index contributed by atoms with van der Waals surface area (Å²) in [5.74, 6) is -1.62. The fraction of sp³-hybridized carbons (Fsp3) is 0.556. The number of carbonyl (C=O) groups excluding carboxylic acids is 1. The largest absolute Gasteiger partial charge is 0.480 e. The van der Waals surface area contributed by atoms with Crippen LogP contribution in [0.2, 0.25) is 0 Å². The maximum atomic E-state index is 12.5. The predicted octanol–water partition coefficient (Wildman–Crippen LogP) is 2.14. The lowest BCUT2D eigenvalue weighted by Crippen LogP contribution is -2.41. The van der Waals surface area contributed by atoms with E-state index in [1.807, 2.05) is 13.8 Å². The van der Waals surface area contributed by atoms with Gasteiger partial charge in [0.05, 0.1) is 4.90 Å². The molecule has 0 radical (unpaired) electrons. The third kappa shape index (κ3) is 5.54. The number of rotatable bonds is 8. The van der Waals surface area contributed by atoms with Gasteiger partial charge in [0.1, 0.15) is 6.04 Å². The van der Waals surface area contributed by atoms with E-state index in [-0.39, 0.29) is 22.4 Å². The van der Waals surface area contributed by atoms with Gasteiger partial charge >= 0.3 is 5.97 Å². The number of hydrogen-bond acceptors (Lipinski definition) is 4. The molecule has 144 valence electrons. The highest BCUT2D eigenvalue weighted by Crippen LogP contribution is 2.21. The van der Waals surface area contributed by atoms with Crippen LogP contribution in [0, 0.1) is 5.92 Å². The van der Waals surface area contributed by atoms with Crippen molar-refractivity contribution < 1.29 is 23.1 Å². The molecule has 1 atom stereocenters. The molecule has 0 spiro atoms. The molecule has 0 saturated heterocycles. The average molecular weight is 382 g/mol. The molecule has 1 unspecified atom stereocenters. The Morgan fingerprint density at radius 3 is 2.46 bits per heavy atom. The molecule has 1 aromatic rings. The highest BCUT2D eigenvalue weighted by Gasteiger charge is 2.25. The molecule has 1 aromatic carbocycles. The van der Waals surface area contributed by atoms with E-state index in [4.69, 9.17) is 0 Å². The van der Waals surface area contributed by atoms with Gasteiger partial charge in [-0.3, -0.25) is 4.79 Å². The van der Waals surface area contributed by atoms with Crippen LogP contribution in [-0.2, 0) is 14.8 Å². The van der Waals surface area contributed by atoms with Crippen molar-refractivity contribution in [3.8, 4) is 0 Å². The van der Waals surface area contributed by atoms with E-state index >= 15 is 0 Å². The normalized spacial score (nSPS) is 16.6. The van der Waals surface area contributed by atoms with Crippen LogP contribution in [0.5, 0.6) is 0 Å². The second-order valence-electron chi connectivity index (χ2n) is 7.12. The van der Waals surface area contributed by atoms with Gasteiger partial charge in [0.15, 0.2) is 0 Å². The molecule has 8 heteroatoms. The maximum Gasteiger partial charge on any atom is 0.326 e. The number of nitrogens with one attached hydrogen (secondary N) is 2. The van der Waals surface area contributed by atoms with Crippen LogP contribution in [0.1, 0.15) is 56.3 Å². The Morgan fingerprint density at radius 2 is 1.88 bits per heavy atom. The average Bonchev–Trinajstić information content (AvgIpc) is 3.06. The molecule has 0 heterocycles. The summed E-state index contributed by atoms with van der Waals surface area (Å²) < 4.78 is 27.7. The molecule has 0 bridgehead atoms. The number of aliphatic carboxylic acids is 1. The monoisotopic (exact) mass is 382 g/mol. The molecule has 1 aliphatic carbocycles. The van der Waals surface area contributed by atoms with E-state index in [1.165, 1.54) is 24.3 Å². The zero-order valence-corrected chi connectivity index (χ0v) is 15.9. The zero-order valence-electron chi connectivity index (χ0n) is 15.1. The standard InChI is InChI=1S/C18H26N2O5S/c1-12(2)10-16(18(22)23)19-17(21)13-6-5-9-15(11-13)26(24,25)20-14-7-3-4-8-14/h5-6,9,11-12,14,16,20H,3-4,7-8,10H2,1-2H3,(H,19,21)(H,22,23). The molecule has 1 aliphatic rings. The second kappa shape index (κ2) is 8.64. The molecule has 1 fully saturated rings. The van der Waals surface area contributed by atoms with Crippen LogP contribution in [0.15, 0.2) is 29.2 Å². The van der Waals surface area contributed by atoms with Crippen LogP contribution in [0.4, 0.5) is 0 Å². The lowest BCUT2D eigenvalue weighted by molar-refractivity contribution is -0.139. The Morgan fingerprint density at radius 1 is 1.23 bits per heavy atom. The summed E-state index contributed by atoms with van der Waals surface area (Å²) in [6.45, 7) is 3.73. The van der Waals surface area contributed by atoms with Crippen molar-refractivity contribution >= 4 is 21.9 Å². The first kappa shape index (κ1) is 20.4. The number of carboxylic acid groups (broad SMARTS) is 1. The summed E-state index contributed by atoms with van der Waals surface area (Å²) in [6.07, 6.45) is 3.93. The van der Waals surface area contributed by atoms with Crippen LogP contribution < -0.4 is 10.0 Å². The SMILES string of the molecule is CC(C)CC(NC(=O)c1cccc(S(=O)(=O)NC2CCCC2)c1)C(=O)O. The van der Waals surface area contributed by atoms with Crippen LogP contribution in [0.25, 0.3) is 0 Å². The number of sulfonamides is 1. The van der Waals surface area contributed by atoms with Crippen molar-refractivity contribution in [2.45, 2.75) is 62.9 Å². The van der Waals surface area contributed by atoms with Crippen molar-refractivity contribution in [1.29, 1.82) is 0 Å². The molecule has 2 rings (SSSR count). The highest BCUT2D eigenvalue weighted by atomic mass is 32.2. The predicted molar refractivity (Wildman–Crippen MR) is 97.4 cm³/mol. The summed E-state index contributed by atoms with van der Waals surface area (Å²) in [4.78, 5) is 23.7. The first-order valence-electron chi connectivity index (χ1n) is 8.85. The molecule has 0 aromatic heterocycles. The number of carboxylic acids is 1. The first-order valence-corrected chi connectivity index (χ1v) is 10.3. The van der Waals surface area contributed by atoms with E-state index < -0.39 is 27.9 Å². The Kier molecular flexibility index (Phi) is 6.77. The van der Waals surface area contributed by atoms with Gasteiger partial charge in [0.25, 0.3) is 5.91 Å². The quantitative estimate of drug-likeness (QED) is 0.638. The minimum absolute atomic E-state index is 0.00721. The molecule has 26 heavy (non-hydrogen) atoms.